The topological polar surface area (TPSA) is 12.5 Å². The van der Waals surface area contributed by atoms with Crippen LogP contribution < -0.4 is 0 Å². The molecule has 1 heterocycles. The summed E-state index contributed by atoms with van der Waals surface area (Å²) < 4.78 is 0. The first kappa shape index (κ1) is 11.4. The van der Waals surface area contributed by atoms with Gasteiger partial charge in [0.15, 0.2) is 5.76 Å². The molecule has 0 atom stereocenters. The minimum absolute atomic E-state index is 0.000796. The van der Waals surface area contributed by atoms with E-state index in [1.165, 1.54) is 19.3 Å². The highest BCUT2D eigenvalue weighted by atomic mass is 16.7. The van der Waals surface area contributed by atoms with E-state index >= 15 is 0 Å². The van der Waals surface area contributed by atoms with Gasteiger partial charge in [-0.25, -0.2) is 0 Å². The first-order chi connectivity index (χ1) is 6.54. The number of nitrogens with zero attached hydrogens (tertiary/aromatic N) is 1. The third-order valence-corrected chi connectivity index (χ3v) is 2.38. The number of hydrogen-bond donors (Lipinski definition) is 0. The van der Waals surface area contributed by atoms with Gasteiger partial charge in [-0.15, -0.1) is 5.06 Å². The molecule has 80 valence electrons. The van der Waals surface area contributed by atoms with Gasteiger partial charge in [-0.2, -0.15) is 0 Å². The number of piperidine rings is 1. The highest BCUT2D eigenvalue weighted by molar-refractivity contribution is 4.99. The summed E-state index contributed by atoms with van der Waals surface area (Å²) in [5.41, 5.74) is 2.89. The van der Waals surface area contributed by atoms with Crippen LogP contribution in [-0.4, -0.2) is 18.2 Å². The first-order valence-electron chi connectivity index (χ1n) is 5.37. The zero-order valence-corrected chi connectivity index (χ0v) is 9.60. The molecule has 0 amide bonds. The lowest BCUT2D eigenvalue weighted by molar-refractivity contribution is -0.145. The van der Waals surface area contributed by atoms with Gasteiger partial charge in [0, 0.05) is 18.5 Å². The van der Waals surface area contributed by atoms with E-state index in [0.717, 1.165) is 18.8 Å². The highest BCUT2D eigenvalue weighted by Crippen LogP contribution is 2.26. The van der Waals surface area contributed by atoms with Crippen molar-refractivity contribution in [3.63, 3.8) is 0 Å². The summed E-state index contributed by atoms with van der Waals surface area (Å²) in [6, 6.07) is 0. The van der Waals surface area contributed by atoms with E-state index in [4.69, 9.17) is 4.84 Å². The first-order valence-corrected chi connectivity index (χ1v) is 5.37. The molecule has 2 nitrogen and oxygen atoms in total. The van der Waals surface area contributed by atoms with E-state index in [2.05, 4.69) is 33.1 Å². The van der Waals surface area contributed by atoms with Crippen molar-refractivity contribution in [2.45, 2.75) is 40.0 Å². The Balaban J connectivity index is 2.53. The highest BCUT2D eigenvalue weighted by Gasteiger charge is 2.22. The SMILES string of the molecule is C=C=C(ON1CCCCC1)C(C)(C)C. The molecule has 1 aliphatic heterocycles. The van der Waals surface area contributed by atoms with Crippen molar-refractivity contribution in [2.75, 3.05) is 13.1 Å². The van der Waals surface area contributed by atoms with Crippen LogP contribution in [0.25, 0.3) is 0 Å². The summed E-state index contributed by atoms with van der Waals surface area (Å²) in [6.45, 7) is 12.1. The molecule has 0 aliphatic carbocycles. The van der Waals surface area contributed by atoms with Gasteiger partial charge in [0.2, 0.25) is 0 Å². The second kappa shape index (κ2) is 4.68. The Morgan fingerprint density at radius 3 is 2.21 bits per heavy atom. The van der Waals surface area contributed by atoms with E-state index in [1.54, 1.807) is 0 Å². The monoisotopic (exact) mass is 195 g/mol. The molecule has 2 heteroatoms. The Hall–Kier alpha value is -0.720. The Morgan fingerprint density at radius 1 is 1.21 bits per heavy atom. The van der Waals surface area contributed by atoms with E-state index in [0.29, 0.717) is 0 Å². The molecule has 0 aromatic heterocycles. The molecule has 1 saturated heterocycles. The Labute approximate surface area is 87.2 Å². The van der Waals surface area contributed by atoms with Crippen LogP contribution in [0.3, 0.4) is 0 Å². The zero-order chi connectivity index (χ0) is 10.6. The number of hydroxylamine groups is 2. The van der Waals surface area contributed by atoms with Gasteiger partial charge in [-0.3, -0.25) is 0 Å². The minimum atomic E-state index is -0.000796. The summed E-state index contributed by atoms with van der Waals surface area (Å²) in [7, 11) is 0. The molecular weight excluding hydrogens is 174 g/mol. The molecule has 0 spiro atoms. The van der Waals surface area contributed by atoms with Crippen LogP contribution in [0.15, 0.2) is 18.1 Å². The van der Waals surface area contributed by atoms with Crippen LogP contribution in [-0.2, 0) is 4.84 Å². The van der Waals surface area contributed by atoms with E-state index in [-0.39, 0.29) is 5.41 Å². The van der Waals surface area contributed by atoms with Crippen LogP contribution >= 0.6 is 0 Å². The van der Waals surface area contributed by atoms with E-state index in [9.17, 15) is 0 Å². The van der Waals surface area contributed by atoms with Gasteiger partial charge in [0.25, 0.3) is 0 Å². The fourth-order valence-electron chi connectivity index (χ4n) is 1.52. The second-order valence-corrected chi connectivity index (χ2v) is 4.84. The Morgan fingerprint density at radius 2 is 1.79 bits per heavy atom. The van der Waals surface area contributed by atoms with Crippen LogP contribution in [0.4, 0.5) is 0 Å². The van der Waals surface area contributed by atoms with Crippen LogP contribution in [0, 0.1) is 5.41 Å². The lowest BCUT2D eigenvalue weighted by atomic mass is 9.94. The van der Waals surface area contributed by atoms with E-state index < -0.39 is 0 Å². The van der Waals surface area contributed by atoms with Crippen molar-refractivity contribution in [1.82, 2.24) is 5.06 Å². The molecule has 0 N–H and O–H groups in total. The Bertz CT molecular complexity index is 227. The zero-order valence-electron chi connectivity index (χ0n) is 9.60. The third kappa shape index (κ3) is 3.21. The molecule has 1 fully saturated rings. The summed E-state index contributed by atoms with van der Waals surface area (Å²) in [5, 5.41) is 2.03. The molecule has 0 bridgehead atoms. The fraction of sp³-hybridized carbons (Fsp3) is 0.750. The second-order valence-electron chi connectivity index (χ2n) is 4.84. The average Bonchev–Trinajstić information content (AvgIpc) is 2.14. The predicted octanol–water partition coefficient (Wildman–Crippen LogP) is 3.12. The van der Waals surface area contributed by atoms with Gasteiger partial charge >= 0.3 is 0 Å². The summed E-state index contributed by atoms with van der Waals surface area (Å²) in [4.78, 5) is 5.78. The third-order valence-electron chi connectivity index (χ3n) is 2.38. The lowest BCUT2D eigenvalue weighted by Crippen LogP contribution is -2.31. The molecule has 0 saturated carbocycles. The van der Waals surface area contributed by atoms with Crippen LogP contribution in [0.1, 0.15) is 40.0 Å². The smallest absolute Gasteiger partial charge is 0.171 e. The molecule has 1 rings (SSSR count). The number of rotatable bonds is 2. The lowest BCUT2D eigenvalue weighted by Gasteiger charge is -2.30. The molecule has 0 aromatic rings. The maximum Gasteiger partial charge on any atom is 0.171 e. The van der Waals surface area contributed by atoms with Crippen molar-refractivity contribution in [2.24, 2.45) is 5.41 Å². The summed E-state index contributed by atoms with van der Waals surface area (Å²) >= 11 is 0. The number of hydrogen-bond acceptors (Lipinski definition) is 2. The van der Waals surface area contributed by atoms with E-state index in [1.807, 2.05) is 5.06 Å². The van der Waals surface area contributed by atoms with Gasteiger partial charge in [-0.1, -0.05) is 39.5 Å². The van der Waals surface area contributed by atoms with Gasteiger partial charge < -0.3 is 4.84 Å². The Kier molecular flexibility index (Phi) is 3.79. The molecule has 0 radical (unpaired) electrons. The summed E-state index contributed by atoms with van der Waals surface area (Å²) in [5.74, 6) is 0.847. The fourth-order valence-corrected chi connectivity index (χ4v) is 1.52. The quantitative estimate of drug-likeness (QED) is 0.496. The standard InChI is InChI=1S/C12H21NO/c1-5-11(12(2,3)4)14-13-9-7-6-8-10-13/h1,6-10H2,2-4H3. The largest absolute Gasteiger partial charge is 0.401 e. The van der Waals surface area contributed by atoms with Crippen molar-refractivity contribution in [1.29, 1.82) is 0 Å². The van der Waals surface area contributed by atoms with Crippen molar-refractivity contribution in [3.05, 3.63) is 18.1 Å². The van der Waals surface area contributed by atoms with Crippen LogP contribution in [0.2, 0.25) is 0 Å². The van der Waals surface area contributed by atoms with Crippen molar-refractivity contribution in [3.8, 4) is 0 Å². The predicted molar refractivity (Wildman–Crippen MR) is 58.6 cm³/mol. The van der Waals surface area contributed by atoms with Gasteiger partial charge in [-0.05, 0) is 12.8 Å². The molecule has 14 heavy (non-hydrogen) atoms. The molecular formula is C12H21NO. The maximum absolute atomic E-state index is 5.78. The minimum Gasteiger partial charge on any atom is -0.401 e. The maximum atomic E-state index is 5.78. The summed E-state index contributed by atoms with van der Waals surface area (Å²) in [6.07, 6.45) is 3.78. The molecule has 0 unspecified atom stereocenters. The van der Waals surface area contributed by atoms with Gasteiger partial charge in [0.05, 0.1) is 0 Å². The van der Waals surface area contributed by atoms with Gasteiger partial charge in [0.1, 0.15) is 0 Å². The van der Waals surface area contributed by atoms with Crippen molar-refractivity contribution >= 4 is 0 Å². The van der Waals surface area contributed by atoms with Crippen LogP contribution in [0.5, 0.6) is 0 Å². The molecule has 0 aromatic carbocycles. The number of allylic oxidation sites excluding steroid dienone is 1. The molecule has 1 aliphatic rings. The average molecular weight is 195 g/mol. The normalized spacial score (nSPS) is 18.8. The van der Waals surface area contributed by atoms with Crippen molar-refractivity contribution < 1.29 is 4.84 Å².